The molecule has 1 atom stereocenters. The standard InChI is InChI=1S/C17H17NO2S2/c1-20-17(19)16-18(11-12-21-16)22-15-9-7-14(8-10-15)13-5-3-2-4-6-13/h2-10,16H,11-12H2,1H3. The van der Waals surface area contributed by atoms with E-state index in [1.807, 2.05) is 18.2 Å². The molecule has 1 aliphatic rings. The summed E-state index contributed by atoms with van der Waals surface area (Å²) in [6.07, 6.45) is 0. The lowest BCUT2D eigenvalue weighted by molar-refractivity contribution is -0.141. The van der Waals surface area contributed by atoms with Crippen molar-refractivity contribution >= 4 is 29.7 Å². The number of hydrogen-bond donors (Lipinski definition) is 0. The first kappa shape index (κ1) is 15.5. The van der Waals surface area contributed by atoms with Crippen molar-refractivity contribution in [1.29, 1.82) is 0 Å². The second-order valence-corrected chi connectivity index (χ2v) is 7.18. The Bertz CT molecular complexity index is 631. The Morgan fingerprint density at radius 1 is 1.14 bits per heavy atom. The number of nitrogens with zero attached hydrogens (tertiary/aromatic N) is 1. The molecule has 0 N–H and O–H groups in total. The number of carbonyl (C=O) groups excluding carboxylic acids is 1. The van der Waals surface area contributed by atoms with Gasteiger partial charge >= 0.3 is 5.97 Å². The highest BCUT2D eigenvalue weighted by Gasteiger charge is 2.33. The first-order chi connectivity index (χ1) is 10.8. The van der Waals surface area contributed by atoms with Gasteiger partial charge in [-0.3, -0.25) is 0 Å². The van der Waals surface area contributed by atoms with E-state index in [4.69, 9.17) is 4.74 Å². The molecule has 1 saturated heterocycles. The van der Waals surface area contributed by atoms with Crippen LogP contribution in [-0.2, 0) is 9.53 Å². The molecule has 5 heteroatoms. The Morgan fingerprint density at radius 2 is 1.82 bits per heavy atom. The van der Waals surface area contributed by atoms with Gasteiger partial charge in [-0.15, -0.1) is 11.8 Å². The van der Waals surface area contributed by atoms with Gasteiger partial charge in [-0.2, -0.15) is 0 Å². The molecule has 1 unspecified atom stereocenters. The SMILES string of the molecule is COC(=O)C1SCCN1Sc1ccc(-c2ccccc2)cc1. The van der Waals surface area contributed by atoms with E-state index in [0.717, 1.165) is 17.2 Å². The molecule has 1 fully saturated rings. The van der Waals surface area contributed by atoms with Crippen LogP contribution in [-0.4, -0.2) is 35.1 Å². The predicted molar refractivity (Wildman–Crippen MR) is 92.7 cm³/mol. The van der Waals surface area contributed by atoms with Crippen molar-refractivity contribution in [2.75, 3.05) is 19.4 Å². The summed E-state index contributed by atoms with van der Waals surface area (Å²) >= 11 is 3.25. The monoisotopic (exact) mass is 331 g/mol. The van der Waals surface area contributed by atoms with Gasteiger partial charge in [0.05, 0.1) is 7.11 Å². The Morgan fingerprint density at radius 3 is 2.50 bits per heavy atom. The highest BCUT2D eigenvalue weighted by atomic mass is 32.2. The van der Waals surface area contributed by atoms with E-state index in [1.165, 1.54) is 18.2 Å². The van der Waals surface area contributed by atoms with E-state index in [-0.39, 0.29) is 11.3 Å². The second-order valence-electron chi connectivity index (χ2n) is 4.87. The molecule has 3 nitrogen and oxygen atoms in total. The van der Waals surface area contributed by atoms with E-state index in [9.17, 15) is 4.79 Å². The van der Waals surface area contributed by atoms with Crippen molar-refractivity contribution in [1.82, 2.24) is 4.31 Å². The van der Waals surface area contributed by atoms with E-state index in [2.05, 4.69) is 40.7 Å². The van der Waals surface area contributed by atoms with Gasteiger partial charge < -0.3 is 4.74 Å². The third-order valence-electron chi connectivity index (χ3n) is 3.44. The van der Waals surface area contributed by atoms with Crippen LogP contribution in [0.25, 0.3) is 11.1 Å². The zero-order valence-corrected chi connectivity index (χ0v) is 13.9. The maximum Gasteiger partial charge on any atom is 0.334 e. The van der Waals surface area contributed by atoms with Gasteiger partial charge in [0.25, 0.3) is 0 Å². The van der Waals surface area contributed by atoms with Crippen molar-refractivity contribution in [2.24, 2.45) is 0 Å². The fraction of sp³-hybridized carbons (Fsp3) is 0.235. The minimum absolute atomic E-state index is 0.170. The Balaban J connectivity index is 1.70. The van der Waals surface area contributed by atoms with Crippen LogP contribution in [0.4, 0.5) is 0 Å². The number of rotatable bonds is 4. The Hall–Kier alpha value is -1.43. The minimum Gasteiger partial charge on any atom is -0.467 e. The summed E-state index contributed by atoms with van der Waals surface area (Å²) in [4.78, 5) is 12.9. The Labute approximate surface area is 139 Å². The first-order valence-electron chi connectivity index (χ1n) is 7.07. The van der Waals surface area contributed by atoms with Gasteiger partial charge in [-0.1, -0.05) is 42.5 Å². The van der Waals surface area contributed by atoms with Crippen LogP contribution in [0.3, 0.4) is 0 Å². The van der Waals surface area contributed by atoms with Gasteiger partial charge in [0, 0.05) is 17.2 Å². The van der Waals surface area contributed by atoms with Crippen molar-refractivity contribution in [3.63, 3.8) is 0 Å². The van der Waals surface area contributed by atoms with Gasteiger partial charge in [0.15, 0.2) is 5.37 Å². The molecular formula is C17H17NO2S2. The van der Waals surface area contributed by atoms with E-state index in [1.54, 1.807) is 23.7 Å². The largest absolute Gasteiger partial charge is 0.467 e. The third kappa shape index (κ3) is 3.48. The molecule has 1 heterocycles. The molecule has 0 aromatic heterocycles. The number of methoxy groups -OCH3 is 1. The van der Waals surface area contributed by atoms with E-state index in [0.29, 0.717) is 0 Å². The van der Waals surface area contributed by atoms with E-state index < -0.39 is 0 Å². The average Bonchev–Trinajstić information content (AvgIpc) is 3.04. The van der Waals surface area contributed by atoms with Gasteiger partial charge in [0.1, 0.15) is 0 Å². The maximum atomic E-state index is 11.8. The molecule has 2 aromatic rings. The second kappa shape index (κ2) is 7.22. The van der Waals surface area contributed by atoms with Crippen LogP contribution < -0.4 is 0 Å². The highest BCUT2D eigenvalue weighted by molar-refractivity contribution is 8.03. The first-order valence-corrected chi connectivity index (χ1v) is 8.89. The summed E-state index contributed by atoms with van der Waals surface area (Å²) in [5.41, 5.74) is 2.41. The van der Waals surface area contributed by atoms with Crippen molar-refractivity contribution < 1.29 is 9.53 Å². The summed E-state index contributed by atoms with van der Waals surface area (Å²) in [7, 11) is 1.44. The molecule has 0 radical (unpaired) electrons. The Kier molecular flexibility index (Phi) is 5.08. The fourth-order valence-electron chi connectivity index (χ4n) is 2.31. The van der Waals surface area contributed by atoms with Crippen LogP contribution in [0.15, 0.2) is 59.5 Å². The fourth-order valence-corrected chi connectivity index (χ4v) is 4.66. The average molecular weight is 331 g/mol. The summed E-state index contributed by atoms with van der Waals surface area (Å²) in [6, 6.07) is 18.8. The number of thioether (sulfide) groups is 1. The molecule has 114 valence electrons. The van der Waals surface area contributed by atoms with Crippen LogP contribution in [0.2, 0.25) is 0 Å². The topological polar surface area (TPSA) is 29.5 Å². The molecule has 0 aliphatic carbocycles. The minimum atomic E-state index is -0.205. The molecule has 0 amide bonds. The molecule has 3 rings (SSSR count). The molecule has 1 aliphatic heterocycles. The van der Waals surface area contributed by atoms with Crippen LogP contribution in [0.1, 0.15) is 0 Å². The highest BCUT2D eigenvalue weighted by Crippen LogP contribution is 2.35. The van der Waals surface area contributed by atoms with Gasteiger partial charge in [0.2, 0.25) is 0 Å². The molecule has 0 spiro atoms. The maximum absolute atomic E-state index is 11.8. The summed E-state index contributed by atoms with van der Waals surface area (Å²) in [5.74, 6) is 0.783. The van der Waals surface area contributed by atoms with Crippen LogP contribution in [0.5, 0.6) is 0 Å². The lowest BCUT2D eigenvalue weighted by atomic mass is 10.1. The summed E-state index contributed by atoms with van der Waals surface area (Å²) in [5, 5.41) is -0.205. The third-order valence-corrected chi connectivity index (χ3v) is 5.86. The zero-order chi connectivity index (χ0) is 15.4. The van der Waals surface area contributed by atoms with Crippen molar-refractivity contribution in [2.45, 2.75) is 10.3 Å². The quantitative estimate of drug-likeness (QED) is 0.626. The lowest BCUT2D eigenvalue weighted by Gasteiger charge is -2.20. The number of carbonyl (C=O) groups is 1. The van der Waals surface area contributed by atoms with Crippen LogP contribution in [0, 0.1) is 0 Å². The smallest absolute Gasteiger partial charge is 0.334 e. The van der Waals surface area contributed by atoms with Gasteiger partial charge in [-0.25, -0.2) is 9.10 Å². The number of benzene rings is 2. The molecule has 2 aromatic carbocycles. The normalized spacial score (nSPS) is 18.3. The van der Waals surface area contributed by atoms with Gasteiger partial charge in [-0.05, 0) is 35.2 Å². The molecule has 22 heavy (non-hydrogen) atoms. The number of esters is 1. The zero-order valence-electron chi connectivity index (χ0n) is 12.3. The lowest BCUT2D eigenvalue weighted by Crippen LogP contribution is -2.30. The summed E-state index contributed by atoms with van der Waals surface area (Å²) < 4.78 is 6.96. The van der Waals surface area contributed by atoms with Crippen molar-refractivity contribution in [3.05, 3.63) is 54.6 Å². The predicted octanol–water partition coefficient (Wildman–Crippen LogP) is 3.91. The molecular weight excluding hydrogens is 314 g/mol. The number of hydrogen-bond acceptors (Lipinski definition) is 5. The van der Waals surface area contributed by atoms with Crippen molar-refractivity contribution in [3.8, 4) is 11.1 Å². The molecule has 0 bridgehead atoms. The molecule has 0 saturated carbocycles. The van der Waals surface area contributed by atoms with Crippen LogP contribution >= 0.6 is 23.7 Å². The van der Waals surface area contributed by atoms with E-state index >= 15 is 0 Å². The summed E-state index contributed by atoms with van der Waals surface area (Å²) in [6.45, 7) is 0.884. The number of ether oxygens (including phenoxy) is 1.